The summed E-state index contributed by atoms with van der Waals surface area (Å²) in [4.78, 5) is 0. The zero-order valence-corrected chi connectivity index (χ0v) is 10.2. The molecule has 0 saturated carbocycles. The van der Waals surface area contributed by atoms with Crippen LogP contribution in [0.5, 0.6) is 0 Å². The second-order valence-electron chi connectivity index (χ2n) is 4.02. The molecular weight excluding hydrogens is 222 g/mol. The van der Waals surface area contributed by atoms with Crippen LogP contribution in [0.3, 0.4) is 0 Å². The summed E-state index contributed by atoms with van der Waals surface area (Å²) in [6.45, 7) is 1.79. The zero-order chi connectivity index (χ0) is 12.8. The van der Waals surface area contributed by atoms with Crippen molar-refractivity contribution in [2.45, 2.75) is 6.92 Å². The number of hydrogen-bond acceptors (Lipinski definition) is 2. The maximum atomic E-state index is 8.99. The summed E-state index contributed by atoms with van der Waals surface area (Å²) in [7, 11) is 0. The third-order valence-electron chi connectivity index (χ3n) is 2.74. The number of oxime groups is 1. The van der Waals surface area contributed by atoms with E-state index in [1.807, 2.05) is 66.7 Å². The molecule has 0 spiro atoms. The van der Waals surface area contributed by atoms with Crippen LogP contribution < -0.4 is 0 Å². The molecular formula is C16H15NO. The first-order valence-corrected chi connectivity index (χ1v) is 5.82. The van der Waals surface area contributed by atoms with Gasteiger partial charge >= 0.3 is 0 Å². The van der Waals surface area contributed by atoms with Gasteiger partial charge in [-0.2, -0.15) is 0 Å². The van der Waals surface area contributed by atoms with Gasteiger partial charge in [-0.1, -0.05) is 65.8 Å². The van der Waals surface area contributed by atoms with E-state index in [4.69, 9.17) is 5.21 Å². The average Bonchev–Trinajstić information content (AvgIpc) is 2.46. The highest BCUT2D eigenvalue weighted by molar-refractivity contribution is 6.26. The molecule has 0 atom stereocenters. The average molecular weight is 237 g/mol. The molecule has 0 radical (unpaired) electrons. The molecule has 90 valence electrons. The zero-order valence-electron chi connectivity index (χ0n) is 10.2. The molecule has 0 fully saturated rings. The van der Waals surface area contributed by atoms with Crippen LogP contribution in [0.1, 0.15) is 18.1 Å². The highest BCUT2D eigenvalue weighted by Gasteiger charge is 2.05. The van der Waals surface area contributed by atoms with Gasteiger partial charge in [0.05, 0.1) is 5.71 Å². The quantitative estimate of drug-likeness (QED) is 0.371. The van der Waals surface area contributed by atoms with Gasteiger partial charge in [0.25, 0.3) is 0 Å². The van der Waals surface area contributed by atoms with E-state index in [0.717, 1.165) is 16.7 Å². The van der Waals surface area contributed by atoms with Crippen molar-refractivity contribution in [1.29, 1.82) is 0 Å². The topological polar surface area (TPSA) is 32.6 Å². The van der Waals surface area contributed by atoms with E-state index < -0.39 is 0 Å². The van der Waals surface area contributed by atoms with Crippen molar-refractivity contribution in [2.24, 2.45) is 5.16 Å². The predicted octanol–water partition coefficient (Wildman–Crippen LogP) is 4.08. The lowest BCUT2D eigenvalue weighted by atomic mass is 9.99. The van der Waals surface area contributed by atoms with Crippen molar-refractivity contribution in [1.82, 2.24) is 0 Å². The van der Waals surface area contributed by atoms with Crippen LogP contribution in [0.2, 0.25) is 0 Å². The van der Waals surface area contributed by atoms with Gasteiger partial charge in [0.15, 0.2) is 0 Å². The Labute approximate surface area is 107 Å². The second-order valence-corrected chi connectivity index (χ2v) is 4.02. The third-order valence-corrected chi connectivity index (χ3v) is 2.74. The minimum Gasteiger partial charge on any atom is -0.411 e. The van der Waals surface area contributed by atoms with Crippen LogP contribution in [0.25, 0.3) is 11.6 Å². The van der Waals surface area contributed by atoms with Crippen LogP contribution >= 0.6 is 0 Å². The van der Waals surface area contributed by atoms with Gasteiger partial charge in [-0.15, -0.1) is 0 Å². The van der Waals surface area contributed by atoms with Crippen LogP contribution in [0, 0.1) is 0 Å². The van der Waals surface area contributed by atoms with Gasteiger partial charge in [0, 0.05) is 5.57 Å². The molecule has 0 aliphatic heterocycles. The summed E-state index contributed by atoms with van der Waals surface area (Å²) in [5.74, 6) is 0. The van der Waals surface area contributed by atoms with Gasteiger partial charge in [-0.05, 0) is 24.1 Å². The minimum absolute atomic E-state index is 0.602. The number of hydrogen-bond donors (Lipinski definition) is 1. The Kier molecular flexibility index (Phi) is 3.92. The molecule has 0 amide bonds. The fourth-order valence-corrected chi connectivity index (χ4v) is 1.78. The molecule has 0 heterocycles. The fraction of sp³-hybridized carbons (Fsp3) is 0.0625. The predicted molar refractivity (Wildman–Crippen MR) is 75.7 cm³/mol. The van der Waals surface area contributed by atoms with E-state index in [0.29, 0.717) is 5.71 Å². The van der Waals surface area contributed by atoms with Crippen LogP contribution in [-0.4, -0.2) is 10.9 Å². The fourth-order valence-electron chi connectivity index (χ4n) is 1.78. The third kappa shape index (κ3) is 2.86. The molecule has 2 aromatic rings. The largest absolute Gasteiger partial charge is 0.411 e. The Hall–Kier alpha value is -2.35. The van der Waals surface area contributed by atoms with E-state index in [9.17, 15) is 0 Å². The van der Waals surface area contributed by atoms with E-state index in [2.05, 4.69) is 5.16 Å². The van der Waals surface area contributed by atoms with Crippen molar-refractivity contribution in [3.05, 3.63) is 71.8 Å². The highest BCUT2D eigenvalue weighted by atomic mass is 16.4. The first-order valence-electron chi connectivity index (χ1n) is 5.82. The molecule has 0 bridgehead atoms. The molecule has 0 aliphatic rings. The van der Waals surface area contributed by atoms with Crippen molar-refractivity contribution in [3.8, 4) is 0 Å². The highest BCUT2D eigenvalue weighted by Crippen LogP contribution is 2.19. The standard InChI is InChI=1S/C16H15NO/c1-13(17-18)16(15-10-6-3-7-11-15)12-14-8-4-2-5-9-14/h2-12,18H,1H3/b16-12-,17-13+. The van der Waals surface area contributed by atoms with Crippen molar-refractivity contribution in [2.75, 3.05) is 0 Å². The van der Waals surface area contributed by atoms with E-state index in [1.54, 1.807) is 6.92 Å². The van der Waals surface area contributed by atoms with Gasteiger partial charge in [0.1, 0.15) is 0 Å². The molecule has 18 heavy (non-hydrogen) atoms. The number of rotatable bonds is 3. The Morgan fingerprint density at radius 1 is 0.944 bits per heavy atom. The smallest absolute Gasteiger partial charge is 0.0843 e. The molecule has 0 aliphatic carbocycles. The molecule has 0 saturated heterocycles. The van der Waals surface area contributed by atoms with Crippen LogP contribution in [-0.2, 0) is 0 Å². The molecule has 2 heteroatoms. The van der Waals surface area contributed by atoms with Crippen LogP contribution in [0.15, 0.2) is 65.8 Å². The number of allylic oxidation sites excluding steroid dienone is 1. The van der Waals surface area contributed by atoms with Gasteiger partial charge in [-0.3, -0.25) is 0 Å². The number of nitrogens with zero attached hydrogens (tertiary/aromatic N) is 1. The van der Waals surface area contributed by atoms with Gasteiger partial charge in [-0.25, -0.2) is 0 Å². The van der Waals surface area contributed by atoms with Crippen molar-refractivity contribution < 1.29 is 5.21 Å². The molecule has 2 rings (SSSR count). The molecule has 0 unspecified atom stereocenters. The molecule has 2 nitrogen and oxygen atoms in total. The lowest BCUT2D eigenvalue weighted by Crippen LogP contribution is -1.96. The maximum Gasteiger partial charge on any atom is 0.0843 e. The SMILES string of the molecule is CC(=N\O)/C(=C/c1ccccc1)c1ccccc1. The summed E-state index contributed by atoms with van der Waals surface area (Å²) in [5, 5.41) is 12.3. The Bertz CT molecular complexity index is 556. The maximum absolute atomic E-state index is 8.99. The first kappa shape index (κ1) is 12.1. The van der Waals surface area contributed by atoms with Crippen molar-refractivity contribution >= 4 is 17.4 Å². The lowest BCUT2D eigenvalue weighted by Gasteiger charge is -2.06. The summed E-state index contributed by atoms with van der Waals surface area (Å²) in [6, 6.07) is 19.9. The summed E-state index contributed by atoms with van der Waals surface area (Å²) in [5.41, 5.74) is 3.64. The Morgan fingerprint density at radius 3 is 2.06 bits per heavy atom. The monoisotopic (exact) mass is 237 g/mol. The number of benzene rings is 2. The lowest BCUT2D eigenvalue weighted by molar-refractivity contribution is 0.319. The second kappa shape index (κ2) is 5.82. The molecule has 1 N–H and O–H groups in total. The Morgan fingerprint density at radius 2 is 1.50 bits per heavy atom. The summed E-state index contributed by atoms with van der Waals surface area (Å²) >= 11 is 0. The van der Waals surface area contributed by atoms with E-state index >= 15 is 0 Å². The molecule has 0 aromatic heterocycles. The van der Waals surface area contributed by atoms with Gasteiger partial charge < -0.3 is 5.21 Å². The van der Waals surface area contributed by atoms with Gasteiger partial charge in [0.2, 0.25) is 0 Å². The minimum atomic E-state index is 0.602. The first-order chi connectivity index (χ1) is 8.81. The Balaban J connectivity index is 2.48. The van der Waals surface area contributed by atoms with E-state index in [1.165, 1.54) is 0 Å². The van der Waals surface area contributed by atoms with Crippen molar-refractivity contribution in [3.63, 3.8) is 0 Å². The molecule has 2 aromatic carbocycles. The van der Waals surface area contributed by atoms with E-state index in [-0.39, 0.29) is 0 Å². The summed E-state index contributed by atoms with van der Waals surface area (Å²) in [6.07, 6.45) is 2.02. The van der Waals surface area contributed by atoms with Crippen LogP contribution in [0.4, 0.5) is 0 Å². The normalized spacial score (nSPS) is 12.5. The summed E-state index contributed by atoms with van der Waals surface area (Å²) < 4.78 is 0.